The number of carbonyl (C=O) groups excluding carboxylic acids is 2. The monoisotopic (exact) mass is 432 g/mol. The number of rotatable bonds is 5. The van der Waals surface area contributed by atoms with Crippen LogP contribution in [-0.4, -0.2) is 24.6 Å². The number of benzene rings is 1. The molecule has 0 saturated heterocycles. The van der Waals surface area contributed by atoms with Gasteiger partial charge >= 0.3 is 11.7 Å². The number of hydrogen-bond donors (Lipinski definition) is 2. The van der Waals surface area contributed by atoms with Gasteiger partial charge in [-0.1, -0.05) is 18.0 Å². The van der Waals surface area contributed by atoms with Crippen LogP contribution in [0.15, 0.2) is 27.4 Å². The van der Waals surface area contributed by atoms with Gasteiger partial charge in [0.2, 0.25) is 0 Å². The molecule has 1 aromatic carbocycles. The average Bonchev–Trinajstić information content (AvgIpc) is 3.30. The molecule has 2 aromatic rings. The number of halogens is 1. The first-order chi connectivity index (χ1) is 14.3. The van der Waals surface area contributed by atoms with Crippen molar-refractivity contribution in [2.75, 3.05) is 6.61 Å². The molecule has 2 saturated carbocycles. The van der Waals surface area contributed by atoms with Crippen LogP contribution in [0.2, 0.25) is 5.02 Å². The maximum atomic E-state index is 12.2. The minimum Gasteiger partial charge on any atom is -0.482 e. The minimum absolute atomic E-state index is 0.0232. The normalized spacial score (nSPS) is 23.4. The lowest BCUT2D eigenvalue weighted by molar-refractivity contribution is -0.122. The lowest BCUT2D eigenvalue weighted by Crippen LogP contribution is -2.48. The Morgan fingerprint density at radius 3 is 2.77 bits per heavy atom. The molecule has 1 aromatic heterocycles. The first-order valence-electron chi connectivity index (χ1n) is 10.3. The largest absolute Gasteiger partial charge is 0.482 e. The summed E-state index contributed by atoms with van der Waals surface area (Å²) in [5.74, 6) is 1.57. The Morgan fingerprint density at radius 1 is 1.27 bits per heavy atom. The van der Waals surface area contributed by atoms with Crippen LogP contribution in [0.3, 0.4) is 0 Å². The van der Waals surface area contributed by atoms with Crippen molar-refractivity contribution in [1.82, 2.24) is 10.6 Å². The van der Waals surface area contributed by atoms with Crippen LogP contribution in [0.5, 0.6) is 5.75 Å². The number of fused-ring (bicyclic) bond motifs is 3. The maximum Gasteiger partial charge on any atom is 0.336 e. The summed E-state index contributed by atoms with van der Waals surface area (Å²) in [6.45, 7) is 3.38. The predicted molar refractivity (Wildman–Crippen MR) is 113 cm³/mol. The zero-order valence-electron chi connectivity index (χ0n) is 17.0. The predicted octanol–water partition coefficient (Wildman–Crippen LogP) is 3.78. The van der Waals surface area contributed by atoms with Gasteiger partial charge in [-0.2, -0.15) is 0 Å². The molecule has 3 amide bonds. The molecule has 0 aliphatic heterocycles. The third-order valence-corrected chi connectivity index (χ3v) is 6.70. The van der Waals surface area contributed by atoms with Crippen molar-refractivity contribution in [2.24, 2.45) is 17.8 Å². The summed E-state index contributed by atoms with van der Waals surface area (Å²) in [5.41, 5.74) is 0.568. The summed E-state index contributed by atoms with van der Waals surface area (Å²) >= 11 is 6.22. The highest BCUT2D eigenvalue weighted by molar-refractivity contribution is 6.32. The minimum atomic E-state index is -0.588. The van der Waals surface area contributed by atoms with Crippen LogP contribution >= 0.6 is 11.6 Å². The molecular weight excluding hydrogens is 408 g/mol. The molecule has 2 fully saturated rings. The summed E-state index contributed by atoms with van der Waals surface area (Å²) in [7, 11) is 0. The number of ether oxygens (including phenoxy) is 1. The van der Waals surface area contributed by atoms with Crippen LogP contribution in [-0.2, 0) is 4.79 Å². The van der Waals surface area contributed by atoms with Gasteiger partial charge in [0.15, 0.2) is 6.61 Å². The van der Waals surface area contributed by atoms with Crippen LogP contribution < -0.4 is 21.0 Å². The first kappa shape index (κ1) is 20.7. The second-order valence-corrected chi connectivity index (χ2v) is 8.87. The molecule has 2 bridgehead atoms. The Hall–Kier alpha value is -2.54. The van der Waals surface area contributed by atoms with Gasteiger partial charge in [0.25, 0.3) is 5.91 Å². The lowest BCUT2D eigenvalue weighted by atomic mass is 9.84. The Balaban J connectivity index is 1.31. The first-order valence-corrected chi connectivity index (χ1v) is 10.6. The van der Waals surface area contributed by atoms with Crippen molar-refractivity contribution in [2.45, 2.75) is 45.6 Å². The van der Waals surface area contributed by atoms with Gasteiger partial charge in [0.1, 0.15) is 11.3 Å². The maximum absolute atomic E-state index is 12.2. The van der Waals surface area contributed by atoms with Gasteiger partial charge in [0.05, 0.1) is 5.02 Å². The summed E-state index contributed by atoms with van der Waals surface area (Å²) < 4.78 is 10.6. The Bertz CT molecular complexity index is 1050. The quantitative estimate of drug-likeness (QED) is 0.700. The number of amides is 3. The van der Waals surface area contributed by atoms with Crippen molar-refractivity contribution in [3.63, 3.8) is 0 Å². The van der Waals surface area contributed by atoms with E-state index in [1.54, 1.807) is 13.0 Å². The summed E-state index contributed by atoms with van der Waals surface area (Å²) in [5, 5.41) is 6.14. The van der Waals surface area contributed by atoms with Crippen molar-refractivity contribution in [1.29, 1.82) is 0 Å². The molecular formula is C22H25ClN2O5. The topological polar surface area (TPSA) is 97.6 Å². The molecule has 4 rings (SSSR count). The highest BCUT2D eigenvalue weighted by atomic mass is 35.5. The summed E-state index contributed by atoms with van der Waals surface area (Å²) in [6, 6.07) is 3.96. The molecule has 4 atom stereocenters. The molecule has 30 heavy (non-hydrogen) atoms. The van der Waals surface area contributed by atoms with E-state index in [1.807, 2.05) is 6.92 Å². The van der Waals surface area contributed by atoms with Gasteiger partial charge < -0.3 is 14.5 Å². The number of nitrogens with one attached hydrogen (secondary N) is 2. The van der Waals surface area contributed by atoms with Gasteiger partial charge in [-0.15, -0.1) is 0 Å². The Labute approximate surface area is 179 Å². The van der Waals surface area contributed by atoms with E-state index in [0.717, 1.165) is 17.9 Å². The van der Waals surface area contributed by atoms with Crippen molar-refractivity contribution in [3.05, 3.63) is 39.2 Å². The summed E-state index contributed by atoms with van der Waals surface area (Å²) in [4.78, 5) is 35.9. The number of hydrogen-bond acceptors (Lipinski definition) is 5. The highest BCUT2D eigenvalue weighted by Crippen LogP contribution is 2.49. The molecule has 2 N–H and O–H groups in total. The van der Waals surface area contributed by atoms with Crippen molar-refractivity contribution < 1.29 is 18.7 Å². The van der Waals surface area contributed by atoms with Gasteiger partial charge in [0, 0.05) is 23.6 Å². The van der Waals surface area contributed by atoms with Crippen LogP contribution in [0, 0.1) is 24.7 Å². The molecule has 2 aliphatic carbocycles. The standard InChI is InChI=1S/C22H25ClN2O5/c1-11-5-21(27)30-18-9-19(17(23)8-15(11)18)29-10-20(26)25-22(28)24-12(2)16-7-13-3-4-14(16)6-13/h5,8-9,12-14,16H,3-4,6-7,10H2,1-2H3,(H2,24,25,26,28)/t12-,13-,14-,16-/m0/s1. The van der Waals surface area contributed by atoms with E-state index >= 15 is 0 Å². The zero-order chi connectivity index (χ0) is 21.4. The van der Waals surface area contributed by atoms with E-state index in [1.165, 1.54) is 31.4 Å². The fourth-order valence-electron chi connectivity index (χ4n) is 4.99. The van der Waals surface area contributed by atoms with E-state index in [-0.39, 0.29) is 16.8 Å². The average molecular weight is 433 g/mol. The fraction of sp³-hybridized carbons (Fsp3) is 0.500. The SMILES string of the molecule is Cc1cc(=O)oc2cc(OCC(=O)NC(=O)N[C@@H](C)[C@@H]3C[C@H]4CC[C@H]3C4)c(Cl)cc12. The van der Waals surface area contributed by atoms with Gasteiger partial charge in [-0.25, -0.2) is 9.59 Å². The van der Waals surface area contributed by atoms with Crippen LogP contribution in [0.25, 0.3) is 11.0 Å². The van der Waals surface area contributed by atoms with Crippen LogP contribution in [0.4, 0.5) is 4.79 Å². The molecule has 2 aliphatic rings. The number of imide groups is 1. The van der Waals surface area contributed by atoms with Crippen LogP contribution in [0.1, 0.15) is 38.2 Å². The molecule has 0 unspecified atom stereocenters. The number of carbonyl (C=O) groups is 2. The lowest BCUT2D eigenvalue weighted by Gasteiger charge is -2.28. The highest BCUT2D eigenvalue weighted by Gasteiger charge is 2.42. The fourth-order valence-corrected chi connectivity index (χ4v) is 5.21. The second-order valence-electron chi connectivity index (χ2n) is 8.46. The number of urea groups is 1. The Morgan fingerprint density at radius 2 is 2.07 bits per heavy atom. The van der Waals surface area contributed by atoms with Crippen molar-refractivity contribution >= 4 is 34.5 Å². The Kier molecular flexibility index (Phi) is 5.73. The second kappa shape index (κ2) is 8.30. The summed E-state index contributed by atoms with van der Waals surface area (Å²) in [6.07, 6.45) is 4.95. The van der Waals surface area contributed by atoms with E-state index in [9.17, 15) is 14.4 Å². The van der Waals surface area contributed by atoms with E-state index in [4.69, 9.17) is 20.8 Å². The van der Waals surface area contributed by atoms with E-state index < -0.39 is 24.2 Å². The van der Waals surface area contributed by atoms with Crippen molar-refractivity contribution in [3.8, 4) is 5.75 Å². The third kappa shape index (κ3) is 4.31. The molecule has 0 spiro atoms. The van der Waals surface area contributed by atoms with E-state index in [0.29, 0.717) is 22.8 Å². The third-order valence-electron chi connectivity index (χ3n) is 6.41. The molecule has 0 radical (unpaired) electrons. The van der Waals surface area contributed by atoms with Gasteiger partial charge in [-0.05, 0) is 62.5 Å². The molecule has 160 valence electrons. The molecule has 8 heteroatoms. The molecule has 7 nitrogen and oxygen atoms in total. The zero-order valence-corrected chi connectivity index (χ0v) is 17.8. The smallest absolute Gasteiger partial charge is 0.336 e. The van der Waals surface area contributed by atoms with Gasteiger partial charge in [-0.3, -0.25) is 10.1 Å². The van der Waals surface area contributed by atoms with E-state index in [2.05, 4.69) is 10.6 Å². The number of aryl methyl sites for hydroxylation is 1. The molecule has 1 heterocycles.